The third-order valence-corrected chi connectivity index (χ3v) is 5.22. The highest BCUT2D eigenvalue weighted by atomic mass is 14.2. The zero-order valence-corrected chi connectivity index (χ0v) is 12.3. The number of rotatable bonds is 1. The van der Waals surface area contributed by atoms with Gasteiger partial charge in [-0.1, -0.05) is 102 Å². The van der Waals surface area contributed by atoms with Crippen molar-refractivity contribution in [1.29, 1.82) is 0 Å². The number of hydrogen-bond donors (Lipinski definition) is 0. The summed E-state index contributed by atoms with van der Waals surface area (Å²) in [6.07, 6.45) is 22.4. The maximum absolute atomic E-state index is 2.73. The van der Waals surface area contributed by atoms with Crippen molar-refractivity contribution in [2.24, 2.45) is 5.92 Å². The maximum Gasteiger partial charge on any atom is 0.113 e. The van der Waals surface area contributed by atoms with E-state index in [1.165, 1.54) is 96.2 Å². The zero-order chi connectivity index (χ0) is 12.5. The normalized spacial score (nSPS) is 29.9. The molecule has 0 amide bonds. The molecule has 1 saturated carbocycles. The van der Waals surface area contributed by atoms with Crippen molar-refractivity contribution >= 4 is 7.28 Å². The highest BCUT2D eigenvalue weighted by Gasteiger charge is 2.22. The molecule has 1 heterocycles. The van der Waals surface area contributed by atoms with Crippen LogP contribution in [0.1, 0.15) is 89.9 Å². The lowest BCUT2D eigenvalue weighted by Gasteiger charge is -2.26. The zero-order valence-electron chi connectivity index (χ0n) is 12.3. The first kappa shape index (κ1) is 14.5. The van der Waals surface area contributed by atoms with Gasteiger partial charge in [-0.25, -0.2) is 0 Å². The van der Waals surface area contributed by atoms with E-state index in [0.717, 1.165) is 11.7 Å². The second kappa shape index (κ2) is 9.05. The molecule has 0 nitrogen and oxygen atoms in total. The first-order valence-electron chi connectivity index (χ1n) is 8.80. The van der Waals surface area contributed by atoms with E-state index in [0.29, 0.717) is 0 Å². The third-order valence-electron chi connectivity index (χ3n) is 5.22. The van der Waals surface area contributed by atoms with E-state index in [4.69, 9.17) is 0 Å². The molecule has 18 heavy (non-hydrogen) atoms. The predicted molar refractivity (Wildman–Crippen MR) is 82.4 cm³/mol. The SMILES string of the molecule is [B]1CCCCCCCC1C1CCCCCCCC1. The lowest BCUT2D eigenvalue weighted by molar-refractivity contribution is 0.381. The van der Waals surface area contributed by atoms with Gasteiger partial charge in [-0.2, -0.15) is 0 Å². The Bertz CT molecular complexity index is 160. The molecule has 0 bridgehead atoms. The summed E-state index contributed by atoms with van der Waals surface area (Å²) in [5.41, 5.74) is 0. The second-order valence-electron chi connectivity index (χ2n) is 6.70. The van der Waals surface area contributed by atoms with Crippen LogP contribution in [0.5, 0.6) is 0 Å². The fraction of sp³-hybridized carbons (Fsp3) is 1.00. The molecule has 2 fully saturated rings. The average Bonchev–Trinajstić information content (AvgIpc) is 2.61. The molecule has 1 atom stereocenters. The number of hydrogen-bond acceptors (Lipinski definition) is 0. The van der Waals surface area contributed by atoms with Crippen molar-refractivity contribution in [2.45, 2.75) is 102 Å². The lowest BCUT2D eigenvalue weighted by Crippen LogP contribution is -2.15. The summed E-state index contributed by atoms with van der Waals surface area (Å²) in [5, 5.41) is 0. The molecular weight excluding hydrogens is 215 g/mol. The molecule has 0 aromatic carbocycles. The summed E-state index contributed by atoms with van der Waals surface area (Å²) >= 11 is 0. The van der Waals surface area contributed by atoms with Crippen LogP contribution in [-0.4, -0.2) is 7.28 Å². The van der Waals surface area contributed by atoms with Crippen molar-refractivity contribution < 1.29 is 0 Å². The molecule has 0 N–H and O–H groups in total. The van der Waals surface area contributed by atoms with Crippen LogP contribution in [0.4, 0.5) is 0 Å². The molecule has 103 valence electrons. The first-order valence-corrected chi connectivity index (χ1v) is 8.80. The topological polar surface area (TPSA) is 0 Å². The summed E-state index contributed by atoms with van der Waals surface area (Å²) in [6, 6.07) is 0. The molecule has 1 aliphatic heterocycles. The van der Waals surface area contributed by atoms with Crippen LogP contribution in [0.15, 0.2) is 0 Å². The summed E-state index contributed by atoms with van der Waals surface area (Å²) in [6.45, 7) is 0. The van der Waals surface area contributed by atoms with Crippen LogP contribution in [0.25, 0.3) is 0 Å². The Morgan fingerprint density at radius 1 is 0.500 bits per heavy atom. The smallest absolute Gasteiger partial charge is 0.0799 e. The van der Waals surface area contributed by atoms with E-state index < -0.39 is 0 Å². The van der Waals surface area contributed by atoms with Crippen LogP contribution < -0.4 is 0 Å². The van der Waals surface area contributed by atoms with Crippen LogP contribution in [0.2, 0.25) is 12.1 Å². The van der Waals surface area contributed by atoms with Crippen molar-refractivity contribution in [3.63, 3.8) is 0 Å². The first-order chi connectivity index (χ1) is 8.97. The molecular formula is C17H32B. The van der Waals surface area contributed by atoms with Crippen LogP contribution in [-0.2, 0) is 0 Å². The Balaban J connectivity index is 1.83. The van der Waals surface area contributed by atoms with Gasteiger partial charge in [-0.3, -0.25) is 0 Å². The Morgan fingerprint density at radius 3 is 1.67 bits per heavy atom. The van der Waals surface area contributed by atoms with E-state index in [2.05, 4.69) is 7.28 Å². The van der Waals surface area contributed by atoms with E-state index in [1.807, 2.05) is 0 Å². The minimum Gasteiger partial charge on any atom is -0.0799 e. The quantitative estimate of drug-likeness (QED) is 0.498. The van der Waals surface area contributed by atoms with E-state index in [9.17, 15) is 0 Å². The summed E-state index contributed by atoms with van der Waals surface area (Å²) in [5.74, 6) is 2.02. The molecule has 2 rings (SSSR count). The van der Waals surface area contributed by atoms with Crippen LogP contribution in [0.3, 0.4) is 0 Å². The van der Waals surface area contributed by atoms with Gasteiger partial charge in [0.15, 0.2) is 0 Å². The van der Waals surface area contributed by atoms with Gasteiger partial charge < -0.3 is 0 Å². The van der Waals surface area contributed by atoms with E-state index >= 15 is 0 Å². The van der Waals surface area contributed by atoms with Gasteiger partial charge in [-0.15, -0.1) is 0 Å². The monoisotopic (exact) mass is 247 g/mol. The van der Waals surface area contributed by atoms with Gasteiger partial charge >= 0.3 is 0 Å². The van der Waals surface area contributed by atoms with Gasteiger partial charge in [0.1, 0.15) is 7.28 Å². The van der Waals surface area contributed by atoms with Gasteiger partial charge in [0.2, 0.25) is 0 Å². The van der Waals surface area contributed by atoms with Crippen molar-refractivity contribution in [3.8, 4) is 0 Å². The molecule has 1 saturated heterocycles. The largest absolute Gasteiger partial charge is 0.113 e. The van der Waals surface area contributed by atoms with Crippen LogP contribution >= 0.6 is 0 Å². The summed E-state index contributed by atoms with van der Waals surface area (Å²) in [7, 11) is 2.73. The standard InChI is InChI=1S/C17H32B/c1-2-5-9-13-16(12-8-4-1)17-14-10-6-3-7-11-15-18-17/h16-17H,1-15H2. The van der Waals surface area contributed by atoms with Crippen molar-refractivity contribution in [3.05, 3.63) is 0 Å². The molecule has 0 spiro atoms. The van der Waals surface area contributed by atoms with Crippen molar-refractivity contribution in [2.75, 3.05) is 0 Å². The summed E-state index contributed by atoms with van der Waals surface area (Å²) in [4.78, 5) is 0. The third kappa shape index (κ3) is 5.37. The molecule has 0 aromatic rings. The molecule has 1 aliphatic carbocycles. The van der Waals surface area contributed by atoms with Crippen LogP contribution in [0, 0.1) is 5.92 Å². The Labute approximate surface area is 116 Å². The van der Waals surface area contributed by atoms with E-state index in [1.54, 1.807) is 0 Å². The molecule has 0 aromatic heterocycles. The fourth-order valence-corrected chi connectivity index (χ4v) is 4.03. The van der Waals surface area contributed by atoms with Gasteiger partial charge in [0.05, 0.1) is 0 Å². The highest BCUT2D eigenvalue weighted by Crippen LogP contribution is 2.36. The van der Waals surface area contributed by atoms with Gasteiger partial charge in [-0.05, 0) is 5.92 Å². The highest BCUT2D eigenvalue weighted by molar-refractivity contribution is 6.37. The fourth-order valence-electron chi connectivity index (χ4n) is 4.03. The van der Waals surface area contributed by atoms with Gasteiger partial charge in [0, 0.05) is 0 Å². The second-order valence-corrected chi connectivity index (χ2v) is 6.70. The minimum atomic E-state index is 0.973. The average molecular weight is 247 g/mol. The molecule has 1 radical (unpaired) electrons. The Hall–Kier alpha value is 0.0649. The Morgan fingerprint density at radius 2 is 1.00 bits per heavy atom. The minimum absolute atomic E-state index is 0.973. The van der Waals surface area contributed by atoms with Gasteiger partial charge in [0.25, 0.3) is 0 Å². The lowest BCUT2D eigenvalue weighted by atomic mass is 9.54. The summed E-state index contributed by atoms with van der Waals surface area (Å²) < 4.78 is 0. The maximum atomic E-state index is 2.73. The van der Waals surface area contributed by atoms with Crippen molar-refractivity contribution in [1.82, 2.24) is 0 Å². The Kier molecular flexibility index (Phi) is 7.27. The van der Waals surface area contributed by atoms with E-state index in [-0.39, 0.29) is 0 Å². The molecule has 2 aliphatic rings. The molecule has 1 heteroatoms. The predicted octanol–water partition coefficient (Wildman–Crippen LogP) is 6.00. The molecule has 1 unspecified atom stereocenters.